The Morgan fingerprint density at radius 2 is 2.14 bits per heavy atom. The van der Waals surface area contributed by atoms with Crippen LogP contribution in [0.4, 0.5) is 0 Å². The quantitative estimate of drug-likeness (QED) is 0.801. The molecule has 2 N–H and O–H groups in total. The van der Waals surface area contributed by atoms with Crippen molar-refractivity contribution in [2.24, 2.45) is 0 Å². The number of rotatable bonds is 6. The Balaban J connectivity index is 0.00000220. The second-order valence-electron chi connectivity index (χ2n) is 5.11. The molecule has 0 radical (unpaired) electrons. The van der Waals surface area contributed by atoms with Gasteiger partial charge in [-0.05, 0) is 37.5 Å². The second kappa shape index (κ2) is 9.41. The fraction of sp³-hybridized carbons (Fsp3) is 0.533. The fourth-order valence-electron chi connectivity index (χ4n) is 2.28. The van der Waals surface area contributed by atoms with Crippen molar-refractivity contribution in [2.75, 3.05) is 19.7 Å². The summed E-state index contributed by atoms with van der Waals surface area (Å²) in [6.07, 6.45) is 2.48. The summed E-state index contributed by atoms with van der Waals surface area (Å²) < 4.78 is 6.54. The summed E-state index contributed by atoms with van der Waals surface area (Å²) in [5, 5.41) is 6.13. The molecule has 2 rings (SSSR count). The average Bonchev–Trinajstić information content (AvgIpc) is 2.92. The molecular weight excluding hydrogens is 356 g/mol. The molecule has 1 aromatic carbocycles. The highest BCUT2D eigenvalue weighted by Gasteiger charge is 2.15. The molecule has 2 atom stereocenters. The van der Waals surface area contributed by atoms with Crippen molar-refractivity contribution in [2.45, 2.75) is 31.9 Å². The predicted octanol–water partition coefficient (Wildman–Crippen LogP) is 2.82. The first kappa shape index (κ1) is 18.4. The maximum atomic E-state index is 11.8. The number of halogens is 2. The van der Waals surface area contributed by atoms with Crippen LogP contribution in [0.5, 0.6) is 0 Å². The van der Waals surface area contributed by atoms with E-state index in [2.05, 4.69) is 26.6 Å². The van der Waals surface area contributed by atoms with Gasteiger partial charge >= 0.3 is 0 Å². The number of carbonyl (C=O) groups is 1. The fourth-order valence-corrected chi connectivity index (χ4v) is 2.54. The lowest BCUT2D eigenvalue weighted by atomic mass is 10.1. The highest BCUT2D eigenvalue weighted by molar-refractivity contribution is 9.10. The van der Waals surface area contributed by atoms with Crippen LogP contribution in [-0.4, -0.2) is 31.7 Å². The topological polar surface area (TPSA) is 50.4 Å². The smallest absolute Gasteiger partial charge is 0.234 e. The van der Waals surface area contributed by atoms with E-state index in [9.17, 15) is 4.79 Å². The molecule has 2 unspecified atom stereocenters. The maximum absolute atomic E-state index is 11.8. The number of benzene rings is 1. The third-order valence-electron chi connectivity index (χ3n) is 3.43. The van der Waals surface area contributed by atoms with E-state index < -0.39 is 0 Å². The van der Waals surface area contributed by atoms with Crippen molar-refractivity contribution >= 4 is 34.2 Å². The molecule has 118 valence electrons. The predicted molar refractivity (Wildman–Crippen MR) is 89.8 cm³/mol. The van der Waals surface area contributed by atoms with Gasteiger partial charge in [0.1, 0.15) is 0 Å². The number of ether oxygens (including phenoxy) is 1. The van der Waals surface area contributed by atoms with E-state index in [-0.39, 0.29) is 30.5 Å². The van der Waals surface area contributed by atoms with E-state index in [1.807, 2.05) is 31.2 Å². The minimum Gasteiger partial charge on any atom is -0.377 e. The molecule has 1 fully saturated rings. The van der Waals surface area contributed by atoms with Gasteiger partial charge in [0.25, 0.3) is 0 Å². The van der Waals surface area contributed by atoms with Gasteiger partial charge in [0.15, 0.2) is 0 Å². The van der Waals surface area contributed by atoms with Gasteiger partial charge in [0.05, 0.1) is 18.7 Å². The van der Waals surface area contributed by atoms with Crippen LogP contribution < -0.4 is 10.6 Å². The van der Waals surface area contributed by atoms with Crippen molar-refractivity contribution in [3.05, 3.63) is 34.3 Å². The van der Waals surface area contributed by atoms with Crippen LogP contribution in [0.3, 0.4) is 0 Å². The molecule has 21 heavy (non-hydrogen) atoms. The van der Waals surface area contributed by atoms with E-state index >= 15 is 0 Å². The maximum Gasteiger partial charge on any atom is 0.234 e. The Labute approximate surface area is 140 Å². The van der Waals surface area contributed by atoms with Gasteiger partial charge in [0, 0.05) is 17.6 Å². The van der Waals surface area contributed by atoms with Crippen LogP contribution in [0.1, 0.15) is 31.4 Å². The van der Waals surface area contributed by atoms with Gasteiger partial charge in [-0.3, -0.25) is 4.79 Å². The molecule has 0 aliphatic carbocycles. The van der Waals surface area contributed by atoms with Crippen LogP contribution in [0.25, 0.3) is 0 Å². The molecule has 1 aliphatic heterocycles. The molecule has 1 amide bonds. The summed E-state index contributed by atoms with van der Waals surface area (Å²) in [7, 11) is 0. The van der Waals surface area contributed by atoms with Gasteiger partial charge in [-0.15, -0.1) is 12.4 Å². The molecule has 1 saturated heterocycles. The van der Waals surface area contributed by atoms with Crippen molar-refractivity contribution in [1.82, 2.24) is 10.6 Å². The molecule has 6 heteroatoms. The Kier molecular flexibility index (Phi) is 8.26. The normalized spacial score (nSPS) is 18.9. The lowest BCUT2D eigenvalue weighted by Crippen LogP contribution is -2.38. The zero-order valence-electron chi connectivity index (χ0n) is 12.1. The summed E-state index contributed by atoms with van der Waals surface area (Å²) >= 11 is 3.40. The first-order chi connectivity index (χ1) is 9.65. The average molecular weight is 378 g/mol. The third kappa shape index (κ3) is 6.34. The van der Waals surface area contributed by atoms with Crippen LogP contribution in [0.2, 0.25) is 0 Å². The Bertz CT molecular complexity index is 436. The lowest BCUT2D eigenvalue weighted by Gasteiger charge is -2.15. The molecule has 1 aliphatic rings. The summed E-state index contributed by atoms with van der Waals surface area (Å²) in [6, 6.07) is 7.99. The van der Waals surface area contributed by atoms with Crippen LogP contribution in [-0.2, 0) is 9.53 Å². The summed E-state index contributed by atoms with van der Waals surface area (Å²) in [6.45, 7) is 3.92. The molecule has 1 heterocycles. The van der Waals surface area contributed by atoms with Gasteiger partial charge in [-0.2, -0.15) is 0 Å². The van der Waals surface area contributed by atoms with Crippen LogP contribution >= 0.6 is 28.3 Å². The van der Waals surface area contributed by atoms with E-state index in [0.29, 0.717) is 6.54 Å². The molecule has 1 aromatic rings. The van der Waals surface area contributed by atoms with E-state index in [1.54, 1.807) is 0 Å². The van der Waals surface area contributed by atoms with Crippen molar-refractivity contribution in [3.8, 4) is 0 Å². The minimum atomic E-state index is 0. The monoisotopic (exact) mass is 376 g/mol. The Morgan fingerprint density at radius 3 is 2.76 bits per heavy atom. The first-order valence-corrected chi connectivity index (χ1v) is 7.81. The van der Waals surface area contributed by atoms with Crippen molar-refractivity contribution < 1.29 is 9.53 Å². The second-order valence-corrected chi connectivity index (χ2v) is 6.02. The van der Waals surface area contributed by atoms with E-state index in [0.717, 1.165) is 36.0 Å². The number of amides is 1. The number of hydrogen-bond acceptors (Lipinski definition) is 3. The van der Waals surface area contributed by atoms with Gasteiger partial charge in [-0.25, -0.2) is 0 Å². The summed E-state index contributed by atoms with van der Waals surface area (Å²) in [5.41, 5.74) is 1.10. The standard InChI is InChI=1S/C15H21BrN2O2.ClH/c1-11(12-4-6-13(16)7-5-12)18-15(19)10-17-9-14-3-2-8-20-14;/h4-7,11,14,17H,2-3,8-10H2,1H3,(H,18,19);1H. The lowest BCUT2D eigenvalue weighted by molar-refractivity contribution is -0.120. The molecular formula is C15H22BrClN2O2. The summed E-state index contributed by atoms with van der Waals surface area (Å²) in [5.74, 6) is 0.0124. The number of hydrogen-bond donors (Lipinski definition) is 2. The van der Waals surface area contributed by atoms with Crippen LogP contribution in [0, 0.1) is 0 Å². The highest BCUT2D eigenvalue weighted by atomic mass is 79.9. The Hall–Kier alpha value is -0.620. The zero-order chi connectivity index (χ0) is 14.4. The molecule has 4 nitrogen and oxygen atoms in total. The SMILES string of the molecule is CC(NC(=O)CNCC1CCCO1)c1ccc(Br)cc1.Cl. The molecule has 0 saturated carbocycles. The van der Waals surface area contributed by atoms with Crippen molar-refractivity contribution in [1.29, 1.82) is 0 Å². The Morgan fingerprint density at radius 1 is 1.43 bits per heavy atom. The van der Waals surface area contributed by atoms with E-state index in [1.165, 1.54) is 0 Å². The largest absolute Gasteiger partial charge is 0.377 e. The van der Waals surface area contributed by atoms with Gasteiger partial charge < -0.3 is 15.4 Å². The molecule has 0 spiro atoms. The molecule has 0 bridgehead atoms. The van der Waals surface area contributed by atoms with Crippen molar-refractivity contribution in [3.63, 3.8) is 0 Å². The third-order valence-corrected chi connectivity index (χ3v) is 3.96. The highest BCUT2D eigenvalue weighted by Crippen LogP contribution is 2.16. The zero-order valence-corrected chi connectivity index (χ0v) is 14.5. The first-order valence-electron chi connectivity index (χ1n) is 7.02. The van der Waals surface area contributed by atoms with Gasteiger partial charge in [0.2, 0.25) is 5.91 Å². The number of carbonyl (C=O) groups excluding carboxylic acids is 1. The minimum absolute atomic E-state index is 0. The number of nitrogens with one attached hydrogen (secondary N) is 2. The van der Waals surface area contributed by atoms with Gasteiger partial charge in [-0.1, -0.05) is 28.1 Å². The van der Waals surface area contributed by atoms with Crippen LogP contribution in [0.15, 0.2) is 28.7 Å². The van der Waals surface area contributed by atoms with E-state index in [4.69, 9.17) is 4.74 Å². The molecule has 0 aromatic heterocycles. The summed E-state index contributed by atoms with van der Waals surface area (Å²) in [4.78, 5) is 11.8.